The lowest BCUT2D eigenvalue weighted by Gasteiger charge is -2.36. The Hall–Kier alpha value is -4.42. The molecule has 11 nitrogen and oxygen atoms in total. The molecule has 2 fully saturated rings. The summed E-state index contributed by atoms with van der Waals surface area (Å²) < 4.78 is 13.1. The molecule has 0 atom stereocenters. The zero-order valence-corrected chi connectivity index (χ0v) is 27.2. The minimum Gasteiger partial charge on any atom is -0.444 e. The van der Waals surface area contributed by atoms with Crippen molar-refractivity contribution in [2.75, 3.05) is 62.3 Å². The highest BCUT2D eigenvalue weighted by Crippen LogP contribution is 2.34. The van der Waals surface area contributed by atoms with E-state index < -0.39 is 5.60 Å². The summed E-state index contributed by atoms with van der Waals surface area (Å²) in [4.78, 5) is 33.8. The molecule has 12 heteroatoms. The number of imidazole rings is 1. The van der Waals surface area contributed by atoms with Crippen LogP contribution in [0.2, 0.25) is 0 Å². The van der Waals surface area contributed by atoms with Crippen LogP contribution in [0.4, 0.5) is 16.3 Å². The van der Waals surface area contributed by atoms with Gasteiger partial charge in [0.15, 0.2) is 5.65 Å². The molecule has 0 aliphatic carbocycles. The number of anilines is 2. The highest BCUT2D eigenvalue weighted by atomic mass is 32.2. The zero-order chi connectivity index (χ0) is 31.7. The summed E-state index contributed by atoms with van der Waals surface area (Å²) in [6.45, 7) is 11.2. The van der Waals surface area contributed by atoms with E-state index in [1.807, 2.05) is 68.0 Å². The Morgan fingerprint density at radius 2 is 1.72 bits per heavy atom. The van der Waals surface area contributed by atoms with Crippen molar-refractivity contribution in [2.45, 2.75) is 37.2 Å². The van der Waals surface area contributed by atoms with E-state index in [-0.39, 0.29) is 6.09 Å². The Morgan fingerprint density at radius 3 is 2.48 bits per heavy atom. The third-order valence-electron chi connectivity index (χ3n) is 8.13. The second-order valence-corrected chi connectivity index (χ2v) is 13.4. The van der Waals surface area contributed by atoms with E-state index >= 15 is 0 Å². The molecular weight excluding hydrogens is 600 g/mol. The third-order valence-corrected chi connectivity index (χ3v) is 9.07. The fourth-order valence-corrected chi connectivity index (χ4v) is 6.66. The summed E-state index contributed by atoms with van der Waals surface area (Å²) in [5.74, 6) is 1.50. The molecule has 5 aromatic rings. The zero-order valence-electron chi connectivity index (χ0n) is 26.4. The van der Waals surface area contributed by atoms with Crippen molar-refractivity contribution < 1.29 is 14.3 Å². The van der Waals surface area contributed by atoms with Crippen molar-refractivity contribution in [1.82, 2.24) is 29.5 Å². The number of benzene rings is 1. The van der Waals surface area contributed by atoms with E-state index in [4.69, 9.17) is 29.5 Å². The molecule has 7 rings (SSSR count). The van der Waals surface area contributed by atoms with Gasteiger partial charge in [-0.2, -0.15) is 5.10 Å². The number of thioether (sulfide) groups is 1. The number of aromatic nitrogens is 5. The van der Waals surface area contributed by atoms with E-state index in [0.29, 0.717) is 45.1 Å². The van der Waals surface area contributed by atoms with Crippen LogP contribution in [-0.4, -0.2) is 93.6 Å². The molecule has 2 aliphatic heterocycles. The molecule has 0 saturated carbocycles. The summed E-state index contributed by atoms with van der Waals surface area (Å²) in [5, 5.41) is 6.84. The first-order chi connectivity index (χ1) is 22.3. The molecule has 0 radical (unpaired) electrons. The first-order valence-corrected chi connectivity index (χ1v) is 16.7. The lowest BCUT2D eigenvalue weighted by atomic mass is 10.1. The van der Waals surface area contributed by atoms with Crippen molar-refractivity contribution >= 4 is 45.9 Å². The molecule has 0 unspecified atom stereocenters. The van der Waals surface area contributed by atoms with Crippen molar-refractivity contribution in [1.29, 1.82) is 0 Å². The number of carbonyl (C=O) groups excluding carboxylic acids is 1. The number of para-hydroxylation sites is 1. The average molecular weight is 639 g/mol. The lowest BCUT2D eigenvalue weighted by molar-refractivity contribution is 0.0240. The smallest absolute Gasteiger partial charge is 0.410 e. The van der Waals surface area contributed by atoms with Crippen LogP contribution in [0.1, 0.15) is 26.5 Å². The SMILES string of the molecule is CC(C)(C)OC(=O)N1CCN(c2ccc(-c3c(CSc4ccc5ccccc5n4)nc4c(N5CCOCC5)ccnn34)cn2)CC1. The van der Waals surface area contributed by atoms with Gasteiger partial charge in [0.05, 0.1) is 47.0 Å². The van der Waals surface area contributed by atoms with Gasteiger partial charge in [0, 0.05) is 62.2 Å². The van der Waals surface area contributed by atoms with Crippen molar-refractivity contribution in [3.05, 3.63) is 72.7 Å². The first-order valence-electron chi connectivity index (χ1n) is 15.7. The number of rotatable bonds is 6. The number of fused-ring (bicyclic) bond motifs is 2. The summed E-state index contributed by atoms with van der Waals surface area (Å²) in [6.07, 6.45) is 3.48. The van der Waals surface area contributed by atoms with Gasteiger partial charge in [0.1, 0.15) is 11.4 Å². The number of hydrogen-bond acceptors (Lipinski definition) is 10. The molecule has 0 N–H and O–H groups in total. The van der Waals surface area contributed by atoms with Gasteiger partial charge in [-0.3, -0.25) is 0 Å². The fourth-order valence-electron chi connectivity index (χ4n) is 5.85. The van der Waals surface area contributed by atoms with Gasteiger partial charge in [-0.15, -0.1) is 0 Å². The Balaban J connectivity index is 1.16. The van der Waals surface area contributed by atoms with Gasteiger partial charge in [-0.05, 0) is 51.1 Å². The van der Waals surface area contributed by atoms with Crippen LogP contribution in [0.5, 0.6) is 0 Å². The van der Waals surface area contributed by atoms with E-state index in [0.717, 1.165) is 63.1 Å². The number of nitrogens with zero attached hydrogens (tertiary/aromatic N) is 8. The van der Waals surface area contributed by atoms with Crippen molar-refractivity contribution in [3.8, 4) is 11.3 Å². The maximum Gasteiger partial charge on any atom is 0.410 e. The van der Waals surface area contributed by atoms with Gasteiger partial charge in [-0.25, -0.2) is 24.3 Å². The number of pyridine rings is 2. The minimum absolute atomic E-state index is 0.267. The van der Waals surface area contributed by atoms with Gasteiger partial charge >= 0.3 is 6.09 Å². The molecule has 1 amide bonds. The van der Waals surface area contributed by atoms with Gasteiger partial charge in [-0.1, -0.05) is 36.0 Å². The number of piperazine rings is 1. The number of carbonyl (C=O) groups is 1. The van der Waals surface area contributed by atoms with Gasteiger partial charge in [0.2, 0.25) is 0 Å². The molecule has 2 saturated heterocycles. The normalized spacial score (nSPS) is 15.9. The van der Waals surface area contributed by atoms with Crippen LogP contribution in [0.25, 0.3) is 27.8 Å². The van der Waals surface area contributed by atoms with Crippen LogP contribution in [0, 0.1) is 0 Å². The quantitative estimate of drug-likeness (QED) is 0.221. The Morgan fingerprint density at radius 1 is 0.913 bits per heavy atom. The topological polar surface area (TPSA) is 101 Å². The standard InChI is InChI=1S/C34H38N8O3S/c1-34(2,3)45-33(43)41-16-14-40(15-17-41)29-10-8-25(22-35-29)31-27(23-46-30-11-9-24-6-4-5-7-26(24)37-30)38-32-28(12-13-36-42(31)32)39-18-20-44-21-19-39/h4-13,22H,14-21,23H2,1-3H3. The summed E-state index contributed by atoms with van der Waals surface area (Å²) in [7, 11) is 0. The molecule has 0 spiro atoms. The van der Waals surface area contributed by atoms with Crippen molar-refractivity contribution in [2.24, 2.45) is 0 Å². The predicted molar refractivity (Wildman–Crippen MR) is 181 cm³/mol. The van der Waals surface area contributed by atoms with E-state index in [2.05, 4.69) is 34.1 Å². The molecule has 2 aliphatic rings. The monoisotopic (exact) mass is 638 g/mol. The molecular formula is C34H38N8O3S. The first kappa shape index (κ1) is 30.2. The van der Waals surface area contributed by atoms with Gasteiger partial charge < -0.3 is 24.2 Å². The number of ether oxygens (including phenoxy) is 2. The molecule has 6 heterocycles. The second kappa shape index (κ2) is 12.8. The summed E-state index contributed by atoms with van der Waals surface area (Å²) in [6, 6.07) is 18.5. The number of hydrogen-bond donors (Lipinski definition) is 0. The third kappa shape index (κ3) is 6.45. The van der Waals surface area contributed by atoms with Gasteiger partial charge in [0.25, 0.3) is 0 Å². The Bertz CT molecular complexity index is 1840. The van der Waals surface area contributed by atoms with Crippen LogP contribution in [0.15, 0.2) is 72.0 Å². The average Bonchev–Trinajstić information content (AvgIpc) is 3.45. The van der Waals surface area contributed by atoms with E-state index in [1.54, 1.807) is 16.7 Å². The highest BCUT2D eigenvalue weighted by Gasteiger charge is 2.27. The van der Waals surface area contributed by atoms with Crippen LogP contribution >= 0.6 is 11.8 Å². The molecule has 238 valence electrons. The molecule has 4 aromatic heterocycles. The molecule has 0 bridgehead atoms. The predicted octanol–water partition coefficient (Wildman–Crippen LogP) is 5.53. The summed E-state index contributed by atoms with van der Waals surface area (Å²) >= 11 is 1.67. The lowest BCUT2D eigenvalue weighted by Crippen LogP contribution is -2.50. The van der Waals surface area contributed by atoms with Crippen molar-refractivity contribution in [3.63, 3.8) is 0 Å². The van der Waals surface area contributed by atoms with Crippen LogP contribution < -0.4 is 9.80 Å². The fraction of sp³-hybridized carbons (Fsp3) is 0.382. The van der Waals surface area contributed by atoms with E-state index in [1.165, 1.54) is 0 Å². The highest BCUT2D eigenvalue weighted by molar-refractivity contribution is 7.98. The largest absolute Gasteiger partial charge is 0.444 e. The van der Waals surface area contributed by atoms with Crippen LogP contribution in [0.3, 0.4) is 0 Å². The maximum absolute atomic E-state index is 12.5. The van der Waals surface area contributed by atoms with E-state index in [9.17, 15) is 4.79 Å². The summed E-state index contributed by atoms with van der Waals surface area (Å²) in [5.41, 5.74) is 5.13. The Kier molecular flexibility index (Phi) is 8.39. The second-order valence-electron chi connectivity index (χ2n) is 12.4. The molecule has 46 heavy (non-hydrogen) atoms. The van der Waals surface area contributed by atoms with Crippen LogP contribution in [-0.2, 0) is 15.2 Å². The molecule has 1 aromatic carbocycles. The maximum atomic E-state index is 12.5. The minimum atomic E-state index is -0.509. The number of amides is 1. The Labute approximate surface area is 272 Å². The number of morpholine rings is 1.